The molecule has 0 radical (unpaired) electrons. The van der Waals surface area contributed by atoms with Crippen LogP contribution in [0.5, 0.6) is 0 Å². The Morgan fingerprint density at radius 2 is 2.12 bits per heavy atom. The molecule has 1 atom stereocenters. The second-order valence-corrected chi connectivity index (χ2v) is 7.33. The molecule has 1 aromatic heterocycles. The lowest BCUT2D eigenvalue weighted by Gasteiger charge is -2.35. The number of hydrogen-bond donors (Lipinski definition) is 0. The Morgan fingerprint density at radius 1 is 1.38 bits per heavy atom. The van der Waals surface area contributed by atoms with Crippen molar-refractivity contribution in [1.82, 2.24) is 4.57 Å². The third-order valence-electron chi connectivity index (χ3n) is 4.07. The van der Waals surface area contributed by atoms with Crippen molar-refractivity contribution in [1.29, 1.82) is 0 Å². The Morgan fingerprint density at radius 3 is 2.79 bits per heavy atom. The van der Waals surface area contributed by atoms with Gasteiger partial charge in [0.15, 0.2) is 0 Å². The van der Waals surface area contributed by atoms with Crippen molar-refractivity contribution >= 4 is 17.3 Å². The fourth-order valence-corrected chi connectivity index (χ4v) is 3.32. The van der Waals surface area contributed by atoms with E-state index in [-0.39, 0.29) is 12.4 Å². The number of benzene rings is 1. The van der Waals surface area contributed by atoms with E-state index >= 15 is 0 Å². The van der Waals surface area contributed by atoms with Gasteiger partial charge in [0.05, 0.1) is 13.6 Å². The van der Waals surface area contributed by atoms with Gasteiger partial charge < -0.3 is 9.77 Å². The van der Waals surface area contributed by atoms with Gasteiger partial charge in [-0.05, 0) is 24.5 Å². The second kappa shape index (κ2) is 6.31. The molecule has 128 valence electrons. The number of hydrogen-bond acceptors (Lipinski definition) is 2. The molecule has 1 aliphatic heterocycles. The van der Waals surface area contributed by atoms with E-state index in [1.165, 1.54) is 6.07 Å². The minimum atomic E-state index is -0.653. The number of quaternary nitrogens is 1. The molecular weight excluding hydrogens is 329 g/mol. The summed E-state index contributed by atoms with van der Waals surface area (Å²) in [5.74, 6) is 0.0775. The Labute approximate surface area is 146 Å². The summed E-state index contributed by atoms with van der Waals surface area (Å²) in [7, 11) is 1.55. The SMILES string of the molecule is CC(C)CC1=N[N+](C)([O-])Cc2cn(Cc3c(F)cccc3Cl)cc21. The first-order valence-electron chi connectivity index (χ1n) is 8.03. The highest BCUT2D eigenvalue weighted by Crippen LogP contribution is 2.28. The van der Waals surface area contributed by atoms with Crippen LogP contribution in [0.1, 0.15) is 37.0 Å². The number of rotatable bonds is 4. The average molecular weight is 350 g/mol. The predicted molar refractivity (Wildman–Crippen MR) is 94.2 cm³/mol. The van der Waals surface area contributed by atoms with Crippen molar-refractivity contribution < 1.29 is 9.15 Å². The first-order valence-corrected chi connectivity index (χ1v) is 8.40. The molecule has 1 aliphatic rings. The van der Waals surface area contributed by atoms with Gasteiger partial charge in [0.25, 0.3) is 0 Å². The molecule has 1 aromatic carbocycles. The van der Waals surface area contributed by atoms with E-state index in [9.17, 15) is 9.60 Å². The summed E-state index contributed by atoms with van der Waals surface area (Å²) in [6.07, 6.45) is 4.59. The summed E-state index contributed by atoms with van der Waals surface area (Å²) < 4.78 is 15.2. The van der Waals surface area contributed by atoms with E-state index in [0.29, 0.717) is 23.0 Å². The molecule has 6 heteroatoms. The van der Waals surface area contributed by atoms with Crippen molar-refractivity contribution in [2.75, 3.05) is 7.05 Å². The van der Waals surface area contributed by atoms with E-state index in [1.54, 1.807) is 19.2 Å². The summed E-state index contributed by atoms with van der Waals surface area (Å²) >= 11 is 6.12. The van der Waals surface area contributed by atoms with Gasteiger partial charge in [0, 0.05) is 34.1 Å². The van der Waals surface area contributed by atoms with E-state index < -0.39 is 4.76 Å². The summed E-state index contributed by atoms with van der Waals surface area (Å²) in [5.41, 5.74) is 3.21. The molecule has 24 heavy (non-hydrogen) atoms. The Kier molecular flexibility index (Phi) is 4.51. The standard InChI is InChI=1S/C18H21ClFN3O/c1-12(2)7-18-14-9-22(8-13(14)11-23(3,24)21-18)10-15-16(19)5-4-6-17(15)20/h4-6,8-9,12H,7,10-11H2,1-3H3. The number of fused-ring (bicyclic) bond motifs is 1. The van der Waals surface area contributed by atoms with Gasteiger partial charge in [-0.3, -0.25) is 0 Å². The third kappa shape index (κ3) is 3.53. The molecule has 1 unspecified atom stereocenters. The molecule has 0 saturated heterocycles. The zero-order chi connectivity index (χ0) is 17.5. The predicted octanol–water partition coefficient (Wildman–Crippen LogP) is 4.54. The molecule has 0 N–H and O–H groups in total. The molecular formula is C18H21ClFN3O. The number of nitrogens with zero attached hydrogens (tertiary/aromatic N) is 3. The molecule has 0 spiro atoms. The minimum absolute atomic E-state index is 0.287. The van der Waals surface area contributed by atoms with Crippen molar-refractivity contribution in [2.24, 2.45) is 11.0 Å². The van der Waals surface area contributed by atoms with Crippen LogP contribution in [-0.2, 0) is 13.1 Å². The van der Waals surface area contributed by atoms with Gasteiger partial charge in [-0.25, -0.2) is 9.15 Å². The van der Waals surface area contributed by atoms with Gasteiger partial charge >= 0.3 is 0 Å². The zero-order valence-electron chi connectivity index (χ0n) is 14.1. The number of aromatic nitrogens is 1. The molecule has 0 aliphatic carbocycles. The molecule has 3 rings (SSSR count). The van der Waals surface area contributed by atoms with Gasteiger partial charge in [-0.2, -0.15) is 0 Å². The van der Waals surface area contributed by atoms with Crippen LogP contribution >= 0.6 is 11.6 Å². The van der Waals surface area contributed by atoms with Crippen LogP contribution in [0.15, 0.2) is 35.7 Å². The number of hydroxylamine groups is 2. The Balaban J connectivity index is 1.95. The lowest BCUT2D eigenvalue weighted by molar-refractivity contribution is -0.882. The fourth-order valence-electron chi connectivity index (χ4n) is 3.10. The highest BCUT2D eigenvalue weighted by Gasteiger charge is 2.27. The first kappa shape index (κ1) is 17.1. The topological polar surface area (TPSA) is 40.4 Å². The second-order valence-electron chi connectivity index (χ2n) is 6.92. The van der Waals surface area contributed by atoms with Crippen molar-refractivity contribution in [2.45, 2.75) is 33.4 Å². The maximum Gasteiger partial charge on any atom is 0.130 e. The highest BCUT2D eigenvalue weighted by atomic mass is 35.5. The molecule has 2 aromatic rings. The molecule has 0 saturated carbocycles. The molecule has 2 heterocycles. The largest absolute Gasteiger partial charge is 0.604 e. The summed E-state index contributed by atoms with van der Waals surface area (Å²) in [6, 6.07) is 4.68. The fraction of sp³-hybridized carbons (Fsp3) is 0.389. The van der Waals surface area contributed by atoms with Crippen LogP contribution in [0.4, 0.5) is 4.39 Å². The van der Waals surface area contributed by atoms with Crippen LogP contribution in [-0.4, -0.2) is 22.1 Å². The highest BCUT2D eigenvalue weighted by molar-refractivity contribution is 6.31. The van der Waals surface area contributed by atoms with Crippen LogP contribution in [0, 0.1) is 16.9 Å². The summed E-state index contributed by atoms with van der Waals surface area (Å²) in [6.45, 7) is 4.81. The van der Waals surface area contributed by atoms with Crippen molar-refractivity contribution in [3.05, 3.63) is 63.3 Å². The molecule has 0 bridgehead atoms. The van der Waals surface area contributed by atoms with Gasteiger partial charge in [0.2, 0.25) is 0 Å². The quantitative estimate of drug-likeness (QED) is 0.590. The number of halogens is 2. The van der Waals surface area contributed by atoms with Crippen molar-refractivity contribution in [3.63, 3.8) is 0 Å². The maximum atomic E-state index is 14.0. The maximum absolute atomic E-state index is 14.0. The van der Waals surface area contributed by atoms with Gasteiger partial charge in [0.1, 0.15) is 18.1 Å². The Bertz CT molecular complexity index is 775. The smallest absolute Gasteiger partial charge is 0.130 e. The first-order chi connectivity index (χ1) is 11.2. The van der Waals surface area contributed by atoms with Gasteiger partial charge in [-0.1, -0.05) is 36.6 Å². The van der Waals surface area contributed by atoms with E-state index in [4.69, 9.17) is 11.6 Å². The van der Waals surface area contributed by atoms with Crippen LogP contribution in [0.3, 0.4) is 0 Å². The minimum Gasteiger partial charge on any atom is -0.604 e. The lowest BCUT2D eigenvalue weighted by atomic mass is 9.98. The zero-order valence-corrected chi connectivity index (χ0v) is 14.8. The van der Waals surface area contributed by atoms with Gasteiger partial charge in [-0.15, -0.1) is 0 Å². The molecule has 4 nitrogen and oxygen atoms in total. The van der Waals surface area contributed by atoms with Crippen LogP contribution in [0.25, 0.3) is 0 Å². The van der Waals surface area contributed by atoms with E-state index in [1.807, 2.05) is 17.0 Å². The molecule has 0 fully saturated rings. The summed E-state index contributed by atoms with van der Waals surface area (Å²) in [5, 5.41) is 17.2. The van der Waals surface area contributed by atoms with Crippen molar-refractivity contribution in [3.8, 4) is 0 Å². The average Bonchev–Trinajstić information content (AvgIpc) is 2.83. The Hall–Kier alpha value is -1.69. The lowest BCUT2D eigenvalue weighted by Crippen LogP contribution is -2.36. The monoisotopic (exact) mass is 349 g/mol. The molecule has 0 amide bonds. The van der Waals surface area contributed by atoms with E-state index in [0.717, 1.165) is 23.3 Å². The summed E-state index contributed by atoms with van der Waals surface area (Å²) in [4.78, 5) is 0. The van der Waals surface area contributed by atoms with Crippen LogP contribution in [0.2, 0.25) is 5.02 Å². The van der Waals surface area contributed by atoms with Crippen LogP contribution < -0.4 is 0 Å². The third-order valence-corrected chi connectivity index (χ3v) is 4.43. The normalized spacial score (nSPS) is 20.2. The van der Waals surface area contributed by atoms with E-state index in [2.05, 4.69) is 18.9 Å².